The second kappa shape index (κ2) is 12.8. The van der Waals surface area contributed by atoms with Crippen LogP contribution in [0.2, 0.25) is 0 Å². The summed E-state index contributed by atoms with van der Waals surface area (Å²) in [6, 6.07) is 19.3. The second-order valence-electron chi connectivity index (χ2n) is 13.4. The van der Waals surface area contributed by atoms with Crippen LogP contribution in [0.25, 0.3) is 22.3 Å². The summed E-state index contributed by atoms with van der Waals surface area (Å²) in [4.78, 5) is 31.5. The second-order valence-corrected chi connectivity index (χ2v) is 15.4. The normalized spacial score (nSPS) is 17.9. The van der Waals surface area contributed by atoms with E-state index in [1.807, 2.05) is 71.9 Å². The number of nitrogens with zero attached hydrogens (tertiary/aromatic N) is 2. The van der Waals surface area contributed by atoms with Gasteiger partial charge in [0.1, 0.15) is 16.9 Å². The topological polar surface area (TPSA) is 75.0 Å². The standard InChI is InChI=1S/C37H44IN3O4/c1-23-20-29(25(3)39-31-13-10-9-12-28(31)35(43)45-36(4,5)6)34-30(21-23)32(42)24(2)33(44-34)26-14-16-27(17-15-26)41-19-11-18-37(38,22-41)40(7)8/h9-10,12-17,20-21,25,39H,11,18-19,22H2,1-8H3/t25-,37-/m1/s1. The molecule has 0 unspecified atom stereocenters. The molecule has 0 saturated carbocycles. The predicted octanol–water partition coefficient (Wildman–Crippen LogP) is 8.50. The first-order valence-corrected chi connectivity index (χ1v) is 16.6. The number of rotatable bonds is 7. The van der Waals surface area contributed by atoms with Gasteiger partial charge in [-0.05, 0) is 117 Å². The molecule has 1 saturated heterocycles. The number of nitrogens with one attached hydrogen (secondary N) is 1. The van der Waals surface area contributed by atoms with Gasteiger partial charge in [0.2, 0.25) is 0 Å². The SMILES string of the molecule is Cc1cc([C@@H](C)Nc2ccccc2C(=O)OC(C)(C)C)c2oc(-c3ccc(N4CCC[C@@](I)(N(C)C)C4)cc3)c(C)c(=O)c2c1. The maximum atomic E-state index is 13.8. The van der Waals surface area contributed by atoms with Gasteiger partial charge in [0, 0.05) is 41.2 Å². The Labute approximate surface area is 280 Å². The van der Waals surface area contributed by atoms with Gasteiger partial charge in [-0.3, -0.25) is 9.69 Å². The number of likely N-dealkylation sites (N-methyl/N-ethyl adjacent to an activating group) is 1. The highest BCUT2D eigenvalue weighted by molar-refractivity contribution is 14.1. The lowest BCUT2D eigenvalue weighted by atomic mass is 9.98. The van der Waals surface area contributed by atoms with Crippen LogP contribution in [0.3, 0.4) is 0 Å². The maximum Gasteiger partial charge on any atom is 0.340 e. The van der Waals surface area contributed by atoms with E-state index in [1.54, 1.807) is 6.07 Å². The number of halogens is 1. The molecular weight excluding hydrogens is 677 g/mol. The van der Waals surface area contributed by atoms with Crippen molar-refractivity contribution in [3.8, 4) is 11.3 Å². The summed E-state index contributed by atoms with van der Waals surface area (Å²) in [7, 11) is 4.30. The number of aryl methyl sites for hydroxylation is 1. The van der Waals surface area contributed by atoms with E-state index in [4.69, 9.17) is 9.15 Å². The largest absolute Gasteiger partial charge is 0.456 e. The molecule has 1 aromatic heterocycles. The summed E-state index contributed by atoms with van der Waals surface area (Å²) in [6.45, 7) is 13.4. The Bertz CT molecular complexity index is 1770. The fourth-order valence-corrected chi connectivity index (χ4v) is 6.79. The Hall–Kier alpha value is -3.37. The summed E-state index contributed by atoms with van der Waals surface area (Å²) in [5, 5.41) is 4.04. The van der Waals surface area contributed by atoms with Crippen molar-refractivity contribution in [2.45, 2.75) is 69.6 Å². The van der Waals surface area contributed by atoms with Crippen molar-refractivity contribution in [3.63, 3.8) is 0 Å². The van der Waals surface area contributed by atoms with Crippen molar-refractivity contribution in [3.05, 3.63) is 93.1 Å². The van der Waals surface area contributed by atoms with Crippen LogP contribution in [0, 0.1) is 13.8 Å². The van der Waals surface area contributed by atoms with Crippen molar-refractivity contribution < 1.29 is 13.9 Å². The molecule has 0 aliphatic carbocycles. The lowest BCUT2D eigenvalue weighted by molar-refractivity contribution is 0.00706. The number of fused-ring (bicyclic) bond motifs is 1. The maximum absolute atomic E-state index is 13.8. The molecule has 8 heteroatoms. The van der Waals surface area contributed by atoms with E-state index in [-0.39, 0.29) is 15.0 Å². The molecule has 1 aliphatic heterocycles. The number of hydrogen-bond donors (Lipinski definition) is 1. The van der Waals surface area contributed by atoms with Crippen molar-refractivity contribution >= 4 is 50.9 Å². The Morgan fingerprint density at radius 2 is 1.78 bits per heavy atom. The van der Waals surface area contributed by atoms with Crippen molar-refractivity contribution in [2.75, 3.05) is 37.4 Å². The third-order valence-corrected chi connectivity index (χ3v) is 10.3. The molecule has 45 heavy (non-hydrogen) atoms. The molecule has 0 radical (unpaired) electrons. The van der Waals surface area contributed by atoms with Crippen LogP contribution in [-0.4, -0.2) is 47.2 Å². The number of para-hydroxylation sites is 1. The highest BCUT2D eigenvalue weighted by Crippen LogP contribution is 2.37. The highest BCUT2D eigenvalue weighted by Gasteiger charge is 2.35. The van der Waals surface area contributed by atoms with Crippen molar-refractivity contribution in [1.29, 1.82) is 0 Å². The number of hydrogen-bond acceptors (Lipinski definition) is 7. The Kier molecular flexibility index (Phi) is 9.38. The molecule has 4 aromatic rings. The number of carbonyl (C=O) groups is 1. The number of esters is 1. The smallest absolute Gasteiger partial charge is 0.340 e. The Morgan fingerprint density at radius 3 is 2.44 bits per heavy atom. The third kappa shape index (κ3) is 7.07. The summed E-state index contributed by atoms with van der Waals surface area (Å²) in [5.41, 5.74) is 5.41. The van der Waals surface area contributed by atoms with Gasteiger partial charge in [-0.2, -0.15) is 0 Å². The number of carbonyl (C=O) groups excluding carboxylic acids is 1. The Morgan fingerprint density at radius 1 is 1.09 bits per heavy atom. The van der Waals surface area contributed by atoms with Crippen LogP contribution in [0.1, 0.15) is 73.6 Å². The van der Waals surface area contributed by atoms with E-state index in [0.29, 0.717) is 33.5 Å². The van der Waals surface area contributed by atoms with Gasteiger partial charge in [0.25, 0.3) is 0 Å². The molecule has 238 valence electrons. The van der Waals surface area contributed by atoms with Crippen LogP contribution in [0.5, 0.6) is 0 Å². The van der Waals surface area contributed by atoms with Crippen LogP contribution in [-0.2, 0) is 4.74 Å². The number of anilines is 2. The van der Waals surface area contributed by atoms with Gasteiger partial charge < -0.3 is 19.4 Å². The molecular formula is C37H44IN3O4. The first-order valence-electron chi connectivity index (χ1n) is 15.6. The minimum atomic E-state index is -0.612. The van der Waals surface area contributed by atoms with E-state index in [0.717, 1.165) is 42.6 Å². The summed E-state index contributed by atoms with van der Waals surface area (Å²) < 4.78 is 12.4. The van der Waals surface area contributed by atoms with Crippen LogP contribution in [0.4, 0.5) is 11.4 Å². The molecule has 5 rings (SSSR count). The molecule has 7 nitrogen and oxygen atoms in total. The number of benzene rings is 3. The van der Waals surface area contributed by atoms with E-state index in [9.17, 15) is 9.59 Å². The van der Waals surface area contributed by atoms with Crippen LogP contribution < -0.4 is 15.6 Å². The summed E-state index contributed by atoms with van der Waals surface area (Å²) >= 11 is 2.59. The molecule has 2 atom stereocenters. The summed E-state index contributed by atoms with van der Waals surface area (Å²) in [5.74, 6) is 0.177. The number of piperidine rings is 1. The third-order valence-electron chi connectivity index (χ3n) is 8.49. The molecule has 3 aromatic carbocycles. The van der Waals surface area contributed by atoms with E-state index in [1.165, 1.54) is 5.69 Å². The lowest BCUT2D eigenvalue weighted by Gasteiger charge is -2.44. The minimum Gasteiger partial charge on any atom is -0.456 e. The van der Waals surface area contributed by atoms with Crippen molar-refractivity contribution in [1.82, 2.24) is 4.90 Å². The zero-order valence-electron chi connectivity index (χ0n) is 27.6. The molecule has 1 aliphatic rings. The number of ether oxygens (including phenoxy) is 1. The van der Waals surface area contributed by atoms with Crippen LogP contribution in [0.15, 0.2) is 69.9 Å². The molecule has 1 N–H and O–H groups in total. The van der Waals surface area contributed by atoms with Gasteiger partial charge >= 0.3 is 5.97 Å². The van der Waals surface area contributed by atoms with Gasteiger partial charge in [-0.15, -0.1) is 0 Å². The summed E-state index contributed by atoms with van der Waals surface area (Å²) in [6.07, 6.45) is 2.30. The Balaban J connectivity index is 1.50. The lowest BCUT2D eigenvalue weighted by Crippen LogP contribution is -2.52. The zero-order valence-corrected chi connectivity index (χ0v) is 29.7. The monoisotopic (exact) mass is 721 g/mol. The molecule has 2 heterocycles. The van der Waals surface area contributed by atoms with Crippen LogP contribution >= 0.6 is 22.6 Å². The van der Waals surface area contributed by atoms with Gasteiger partial charge in [-0.1, -0.05) is 40.8 Å². The zero-order chi connectivity index (χ0) is 32.7. The fourth-order valence-electron chi connectivity index (χ4n) is 6.00. The molecule has 0 amide bonds. The van der Waals surface area contributed by atoms with Crippen molar-refractivity contribution in [2.24, 2.45) is 0 Å². The van der Waals surface area contributed by atoms with Gasteiger partial charge in [0.15, 0.2) is 5.43 Å². The number of alkyl halides is 1. The first-order chi connectivity index (χ1) is 21.2. The minimum absolute atomic E-state index is 0.0432. The van der Waals surface area contributed by atoms with E-state index < -0.39 is 11.6 Å². The fraction of sp³-hybridized carbons (Fsp3) is 0.405. The molecule has 1 fully saturated rings. The highest BCUT2D eigenvalue weighted by atomic mass is 127. The molecule has 0 spiro atoms. The first kappa shape index (κ1) is 33.0. The van der Waals surface area contributed by atoms with Gasteiger partial charge in [-0.25, -0.2) is 4.79 Å². The van der Waals surface area contributed by atoms with E-state index >= 15 is 0 Å². The van der Waals surface area contributed by atoms with Gasteiger partial charge in [0.05, 0.1) is 20.5 Å². The average molecular weight is 722 g/mol. The molecule has 0 bridgehead atoms. The quantitative estimate of drug-likeness (QED) is 0.0888. The van der Waals surface area contributed by atoms with E-state index in [2.05, 4.69) is 76.1 Å². The predicted molar refractivity (Wildman–Crippen MR) is 193 cm³/mol. The average Bonchev–Trinajstić information content (AvgIpc) is 2.98.